The van der Waals surface area contributed by atoms with Crippen LogP contribution in [0.15, 0.2) is 24.3 Å². The SMILES string of the molecule is CS(=O)(=O)Cc1nc2ccccc2n2nnnc12. The summed E-state index contributed by atoms with van der Waals surface area (Å²) in [6, 6.07) is 7.30. The van der Waals surface area contributed by atoms with Crippen LogP contribution in [0.4, 0.5) is 0 Å². The van der Waals surface area contributed by atoms with Gasteiger partial charge in [0.15, 0.2) is 9.84 Å². The lowest BCUT2D eigenvalue weighted by atomic mass is 10.3. The van der Waals surface area contributed by atoms with Crippen LogP contribution in [0.5, 0.6) is 0 Å². The molecule has 7 nitrogen and oxygen atoms in total. The van der Waals surface area contributed by atoms with Crippen molar-refractivity contribution in [1.82, 2.24) is 25.0 Å². The summed E-state index contributed by atoms with van der Waals surface area (Å²) in [5, 5.41) is 11.3. The molecule has 0 unspecified atom stereocenters. The van der Waals surface area contributed by atoms with Gasteiger partial charge < -0.3 is 0 Å². The van der Waals surface area contributed by atoms with E-state index in [4.69, 9.17) is 0 Å². The molecule has 2 aromatic heterocycles. The largest absolute Gasteiger partial charge is 0.246 e. The Balaban J connectivity index is 2.39. The van der Waals surface area contributed by atoms with Gasteiger partial charge in [-0.3, -0.25) is 0 Å². The van der Waals surface area contributed by atoms with Gasteiger partial charge in [0.2, 0.25) is 5.65 Å². The maximum absolute atomic E-state index is 11.4. The number of aromatic nitrogens is 5. The Bertz CT molecular complexity index is 840. The summed E-state index contributed by atoms with van der Waals surface area (Å²) in [4.78, 5) is 4.32. The van der Waals surface area contributed by atoms with Gasteiger partial charge in [-0.2, -0.15) is 4.52 Å². The lowest BCUT2D eigenvalue weighted by Gasteiger charge is -2.03. The number of sulfone groups is 1. The van der Waals surface area contributed by atoms with Crippen molar-refractivity contribution in [2.24, 2.45) is 0 Å². The molecule has 0 aliphatic heterocycles. The highest BCUT2D eigenvalue weighted by Crippen LogP contribution is 2.16. The van der Waals surface area contributed by atoms with Crippen LogP contribution in [0, 0.1) is 0 Å². The number of hydrogen-bond donors (Lipinski definition) is 0. The van der Waals surface area contributed by atoms with Crippen LogP contribution in [-0.2, 0) is 15.6 Å². The second kappa shape index (κ2) is 3.70. The Morgan fingerprint density at radius 2 is 2.06 bits per heavy atom. The first-order valence-electron chi connectivity index (χ1n) is 5.18. The predicted octanol–water partition coefficient (Wildman–Crippen LogP) is 0.217. The summed E-state index contributed by atoms with van der Waals surface area (Å²) in [7, 11) is -3.19. The van der Waals surface area contributed by atoms with Gasteiger partial charge in [-0.15, -0.1) is 5.10 Å². The lowest BCUT2D eigenvalue weighted by molar-refractivity contribution is 0.600. The van der Waals surface area contributed by atoms with Crippen LogP contribution in [0.1, 0.15) is 5.69 Å². The second-order valence-corrected chi connectivity index (χ2v) is 6.17. The number of rotatable bonds is 2. The smallest absolute Gasteiger partial charge is 0.202 e. The van der Waals surface area contributed by atoms with Crippen molar-refractivity contribution in [2.45, 2.75) is 5.75 Å². The molecule has 92 valence electrons. The zero-order valence-electron chi connectivity index (χ0n) is 9.48. The van der Waals surface area contributed by atoms with E-state index in [9.17, 15) is 8.42 Å². The van der Waals surface area contributed by atoms with Crippen molar-refractivity contribution in [3.8, 4) is 0 Å². The fourth-order valence-electron chi connectivity index (χ4n) is 1.81. The minimum Gasteiger partial charge on any atom is -0.246 e. The molecule has 0 radical (unpaired) electrons. The zero-order chi connectivity index (χ0) is 12.8. The predicted molar refractivity (Wildman–Crippen MR) is 64.6 cm³/mol. The van der Waals surface area contributed by atoms with Gasteiger partial charge in [0.25, 0.3) is 0 Å². The fraction of sp³-hybridized carbons (Fsp3) is 0.200. The van der Waals surface area contributed by atoms with Crippen molar-refractivity contribution < 1.29 is 8.42 Å². The third-order valence-corrected chi connectivity index (χ3v) is 3.29. The van der Waals surface area contributed by atoms with Crippen molar-refractivity contribution in [3.05, 3.63) is 30.0 Å². The van der Waals surface area contributed by atoms with Crippen molar-refractivity contribution in [1.29, 1.82) is 0 Å². The Hall–Kier alpha value is -2.09. The third-order valence-electron chi connectivity index (χ3n) is 2.49. The molecule has 3 aromatic rings. The lowest BCUT2D eigenvalue weighted by Crippen LogP contribution is -2.06. The molecular weight excluding hydrogens is 254 g/mol. The molecule has 0 saturated carbocycles. The Kier molecular flexibility index (Phi) is 2.27. The minimum absolute atomic E-state index is 0.179. The molecule has 0 aliphatic carbocycles. The fourth-order valence-corrected chi connectivity index (χ4v) is 2.50. The summed E-state index contributed by atoms with van der Waals surface area (Å²) in [6.45, 7) is 0. The van der Waals surface area contributed by atoms with E-state index in [1.54, 1.807) is 6.07 Å². The molecule has 0 N–H and O–H groups in total. The van der Waals surface area contributed by atoms with Crippen molar-refractivity contribution >= 4 is 26.5 Å². The number of hydrogen-bond acceptors (Lipinski definition) is 6. The van der Waals surface area contributed by atoms with Crippen LogP contribution in [-0.4, -0.2) is 39.7 Å². The first-order valence-corrected chi connectivity index (χ1v) is 7.24. The quantitative estimate of drug-likeness (QED) is 0.656. The van der Waals surface area contributed by atoms with Crippen LogP contribution < -0.4 is 0 Å². The number of nitrogens with zero attached hydrogens (tertiary/aromatic N) is 5. The molecule has 0 saturated heterocycles. The van der Waals surface area contributed by atoms with Crippen LogP contribution >= 0.6 is 0 Å². The van der Waals surface area contributed by atoms with Gasteiger partial charge in [0, 0.05) is 6.26 Å². The van der Waals surface area contributed by atoms with Gasteiger partial charge in [0.1, 0.15) is 5.69 Å². The Morgan fingerprint density at radius 1 is 1.28 bits per heavy atom. The van der Waals surface area contributed by atoms with Crippen molar-refractivity contribution in [2.75, 3.05) is 6.26 Å². The summed E-state index contributed by atoms with van der Waals surface area (Å²) in [6.07, 6.45) is 1.16. The first kappa shape index (κ1) is 11.0. The Morgan fingerprint density at radius 3 is 2.83 bits per heavy atom. The molecule has 0 amide bonds. The first-order chi connectivity index (χ1) is 8.54. The maximum Gasteiger partial charge on any atom is 0.202 e. The van der Waals surface area contributed by atoms with Crippen LogP contribution in [0.25, 0.3) is 16.7 Å². The topological polar surface area (TPSA) is 90.1 Å². The maximum atomic E-state index is 11.4. The van der Waals surface area contributed by atoms with E-state index < -0.39 is 9.84 Å². The molecular formula is C10H9N5O2S. The summed E-state index contributed by atoms with van der Waals surface area (Å²) in [5.74, 6) is -0.179. The monoisotopic (exact) mass is 263 g/mol. The average Bonchev–Trinajstić information content (AvgIpc) is 2.76. The van der Waals surface area contributed by atoms with E-state index in [0.717, 1.165) is 11.8 Å². The van der Waals surface area contributed by atoms with Gasteiger partial charge in [-0.1, -0.05) is 12.1 Å². The molecule has 1 aromatic carbocycles. The summed E-state index contributed by atoms with van der Waals surface area (Å²) < 4.78 is 24.3. The van der Waals surface area contributed by atoms with Crippen LogP contribution in [0.2, 0.25) is 0 Å². The van der Waals surface area contributed by atoms with E-state index >= 15 is 0 Å². The number of para-hydroxylation sites is 2. The van der Waals surface area contributed by atoms with Gasteiger partial charge in [-0.25, -0.2) is 13.4 Å². The molecule has 18 heavy (non-hydrogen) atoms. The molecule has 0 atom stereocenters. The molecule has 0 bridgehead atoms. The second-order valence-electron chi connectivity index (χ2n) is 4.03. The molecule has 0 fully saturated rings. The highest BCUT2D eigenvalue weighted by atomic mass is 32.2. The average molecular weight is 263 g/mol. The molecule has 0 aliphatic rings. The van der Waals surface area contributed by atoms with Gasteiger partial charge >= 0.3 is 0 Å². The summed E-state index contributed by atoms with van der Waals surface area (Å²) >= 11 is 0. The van der Waals surface area contributed by atoms with E-state index in [-0.39, 0.29) is 5.75 Å². The molecule has 3 rings (SSSR count). The number of tetrazole rings is 1. The van der Waals surface area contributed by atoms with E-state index in [1.165, 1.54) is 4.52 Å². The van der Waals surface area contributed by atoms with E-state index in [2.05, 4.69) is 20.5 Å². The van der Waals surface area contributed by atoms with Crippen LogP contribution in [0.3, 0.4) is 0 Å². The molecule has 2 heterocycles. The minimum atomic E-state index is -3.19. The highest BCUT2D eigenvalue weighted by molar-refractivity contribution is 7.89. The highest BCUT2D eigenvalue weighted by Gasteiger charge is 2.15. The third kappa shape index (κ3) is 1.80. The van der Waals surface area contributed by atoms with E-state index in [0.29, 0.717) is 16.9 Å². The summed E-state index contributed by atoms with van der Waals surface area (Å²) in [5.41, 5.74) is 2.14. The molecule has 8 heteroatoms. The Labute approximate surface area is 102 Å². The van der Waals surface area contributed by atoms with Crippen molar-refractivity contribution in [3.63, 3.8) is 0 Å². The normalized spacial score (nSPS) is 12.3. The standard InChI is InChI=1S/C10H9N5O2S/c1-18(16,17)6-8-10-12-13-14-15(10)9-5-3-2-4-7(9)11-8/h2-5H,6H2,1H3. The van der Waals surface area contributed by atoms with E-state index in [1.807, 2.05) is 18.2 Å². The van der Waals surface area contributed by atoms with Gasteiger partial charge in [-0.05, 0) is 22.6 Å². The number of benzene rings is 1. The molecule has 0 spiro atoms. The number of fused-ring (bicyclic) bond motifs is 3. The zero-order valence-corrected chi connectivity index (χ0v) is 10.3. The van der Waals surface area contributed by atoms with Gasteiger partial charge in [0.05, 0.1) is 16.8 Å².